The van der Waals surface area contributed by atoms with Gasteiger partial charge in [-0.2, -0.15) is 5.10 Å². The van der Waals surface area contributed by atoms with Crippen LogP contribution >= 0.6 is 0 Å². The molecule has 0 spiro atoms. The van der Waals surface area contributed by atoms with Crippen LogP contribution < -0.4 is 0 Å². The van der Waals surface area contributed by atoms with Gasteiger partial charge in [-0.1, -0.05) is 13.8 Å². The topological polar surface area (TPSA) is 55.4 Å². The van der Waals surface area contributed by atoms with Gasteiger partial charge in [0.05, 0.1) is 11.7 Å². The molecule has 3 aromatic rings. The lowest BCUT2D eigenvalue weighted by molar-refractivity contribution is 0.456. The number of aromatic nitrogens is 4. The molecule has 1 aliphatic rings. The summed E-state index contributed by atoms with van der Waals surface area (Å²) in [5.74, 6) is 2.06. The molecule has 5 nitrogen and oxygen atoms in total. The van der Waals surface area contributed by atoms with Gasteiger partial charge in [-0.05, 0) is 38.8 Å². The Morgan fingerprint density at radius 1 is 1.12 bits per heavy atom. The van der Waals surface area contributed by atoms with E-state index in [9.17, 15) is 0 Å². The monoisotopic (exact) mass is 319 g/mol. The van der Waals surface area contributed by atoms with Gasteiger partial charge in [0.1, 0.15) is 5.82 Å². The Balaban J connectivity index is 1.89. The molecule has 3 aromatic heterocycles. The van der Waals surface area contributed by atoms with E-state index in [1.165, 1.54) is 5.56 Å². The average Bonchev–Trinajstić information content (AvgIpc) is 3.07. The van der Waals surface area contributed by atoms with E-state index >= 15 is 0 Å². The molecule has 24 heavy (non-hydrogen) atoms. The molecule has 0 fully saturated rings. The fourth-order valence-corrected chi connectivity index (χ4v) is 3.51. The Labute approximate surface area is 141 Å². The second kappa shape index (κ2) is 4.97. The van der Waals surface area contributed by atoms with Crippen LogP contribution in [0.1, 0.15) is 39.1 Å². The summed E-state index contributed by atoms with van der Waals surface area (Å²) in [4.78, 5) is 13.7. The Morgan fingerprint density at radius 2 is 1.92 bits per heavy atom. The fraction of sp³-hybridized carbons (Fsp3) is 0.368. The highest BCUT2D eigenvalue weighted by atomic mass is 15.2. The molecule has 4 rings (SSSR count). The fourth-order valence-electron chi connectivity index (χ4n) is 3.51. The lowest BCUT2D eigenvalue weighted by Gasteiger charge is -2.30. The van der Waals surface area contributed by atoms with Gasteiger partial charge in [0.25, 0.3) is 0 Å². The zero-order valence-corrected chi connectivity index (χ0v) is 14.7. The van der Waals surface area contributed by atoms with E-state index in [0.717, 1.165) is 34.0 Å². The lowest BCUT2D eigenvalue weighted by Crippen LogP contribution is -2.33. The van der Waals surface area contributed by atoms with E-state index in [0.29, 0.717) is 5.92 Å². The SMILES string of the molecule is CC1=Nc2ncc(-c3ccn4nc(C)ncc34)cc2C1(C)C(C)C. The molecule has 0 saturated heterocycles. The number of hydrogen-bond donors (Lipinski definition) is 0. The zero-order chi connectivity index (χ0) is 17.1. The second-order valence-electron chi connectivity index (χ2n) is 7.01. The van der Waals surface area contributed by atoms with Gasteiger partial charge in [0.15, 0.2) is 5.82 Å². The molecule has 1 atom stereocenters. The minimum absolute atomic E-state index is 0.0685. The van der Waals surface area contributed by atoms with Gasteiger partial charge in [0, 0.05) is 40.2 Å². The predicted molar refractivity (Wildman–Crippen MR) is 95.9 cm³/mol. The van der Waals surface area contributed by atoms with Crippen molar-refractivity contribution in [3.8, 4) is 11.1 Å². The third kappa shape index (κ3) is 1.94. The maximum absolute atomic E-state index is 4.70. The minimum atomic E-state index is -0.0685. The van der Waals surface area contributed by atoms with Gasteiger partial charge in [-0.25, -0.2) is 19.5 Å². The van der Waals surface area contributed by atoms with E-state index in [2.05, 4.69) is 54.9 Å². The van der Waals surface area contributed by atoms with Gasteiger partial charge < -0.3 is 0 Å². The smallest absolute Gasteiger partial charge is 0.155 e. The van der Waals surface area contributed by atoms with Crippen LogP contribution in [-0.2, 0) is 5.41 Å². The summed E-state index contributed by atoms with van der Waals surface area (Å²) in [7, 11) is 0. The third-order valence-electron chi connectivity index (χ3n) is 5.45. The Morgan fingerprint density at radius 3 is 2.67 bits per heavy atom. The van der Waals surface area contributed by atoms with Crippen LogP contribution in [-0.4, -0.2) is 25.3 Å². The average molecular weight is 319 g/mol. The highest BCUT2D eigenvalue weighted by molar-refractivity contribution is 6.00. The van der Waals surface area contributed by atoms with Crippen molar-refractivity contribution >= 4 is 17.0 Å². The van der Waals surface area contributed by atoms with Gasteiger partial charge in [-0.15, -0.1) is 0 Å². The molecule has 0 aliphatic carbocycles. The maximum atomic E-state index is 4.70. The number of fused-ring (bicyclic) bond motifs is 2. The van der Waals surface area contributed by atoms with Gasteiger partial charge in [0.2, 0.25) is 0 Å². The first kappa shape index (κ1) is 15.0. The maximum Gasteiger partial charge on any atom is 0.155 e. The molecule has 0 amide bonds. The van der Waals surface area contributed by atoms with E-state index in [-0.39, 0.29) is 5.41 Å². The van der Waals surface area contributed by atoms with Crippen LogP contribution in [0.15, 0.2) is 35.7 Å². The zero-order valence-electron chi connectivity index (χ0n) is 14.7. The highest BCUT2D eigenvalue weighted by Gasteiger charge is 2.40. The van der Waals surface area contributed by atoms with Crippen LogP contribution in [0.3, 0.4) is 0 Å². The number of aryl methyl sites for hydroxylation is 1. The van der Waals surface area contributed by atoms with E-state index in [1.54, 1.807) is 0 Å². The predicted octanol–water partition coefficient (Wildman–Crippen LogP) is 4.12. The normalized spacial score (nSPS) is 19.8. The Bertz CT molecular complexity index is 983. The first-order chi connectivity index (χ1) is 11.4. The van der Waals surface area contributed by atoms with E-state index < -0.39 is 0 Å². The number of rotatable bonds is 2. The summed E-state index contributed by atoms with van der Waals surface area (Å²) in [5.41, 5.74) is 5.45. The molecule has 0 saturated carbocycles. The molecule has 0 bridgehead atoms. The van der Waals surface area contributed by atoms with Crippen LogP contribution in [0.4, 0.5) is 5.82 Å². The number of nitrogens with zero attached hydrogens (tertiary/aromatic N) is 5. The van der Waals surface area contributed by atoms with Crippen LogP contribution in [0.2, 0.25) is 0 Å². The third-order valence-corrected chi connectivity index (χ3v) is 5.45. The van der Waals surface area contributed by atoms with Crippen LogP contribution in [0, 0.1) is 12.8 Å². The number of aliphatic imine (C=N–C) groups is 1. The summed E-state index contributed by atoms with van der Waals surface area (Å²) < 4.78 is 1.87. The minimum Gasteiger partial charge on any atom is -0.238 e. The van der Waals surface area contributed by atoms with E-state index in [1.807, 2.05) is 30.0 Å². The van der Waals surface area contributed by atoms with Gasteiger partial charge in [-0.3, -0.25) is 0 Å². The molecule has 1 aliphatic heterocycles. The molecule has 4 heterocycles. The van der Waals surface area contributed by atoms with Crippen molar-refractivity contribution in [2.45, 2.75) is 40.0 Å². The van der Waals surface area contributed by atoms with E-state index in [4.69, 9.17) is 4.99 Å². The molecule has 1 unspecified atom stereocenters. The van der Waals surface area contributed by atoms with Crippen molar-refractivity contribution in [1.29, 1.82) is 0 Å². The molecule has 5 heteroatoms. The largest absolute Gasteiger partial charge is 0.238 e. The standard InChI is InChI=1S/C19H21N5/c1-11(2)19(5)12(3)22-18-16(19)8-14(9-21-18)15-6-7-24-17(15)10-20-13(4)23-24/h6-11H,1-5H3. The lowest BCUT2D eigenvalue weighted by atomic mass is 9.71. The Kier molecular flexibility index (Phi) is 3.10. The Hall–Kier alpha value is -2.56. The molecule has 0 radical (unpaired) electrons. The van der Waals surface area contributed by atoms with Crippen molar-refractivity contribution in [2.75, 3.05) is 0 Å². The molecular weight excluding hydrogens is 298 g/mol. The summed E-state index contributed by atoms with van der Waals surface area (Å²) in [5, 5.41) is 4.43. The van der Waals surface area contributed by atoms with Crippen molar-refractivity contribution in [1.82, 2.24) is 19.6 Å². The van der Waals surface area contributed by atoms with Crippen molar-refractivity contribution < 1.29 is 0 Å². The van der Waals surface area contributed by atoms with Crippen LogP contribution in [0.25, 0.3) is 16.6 Å². The summed E-state index contributed by atoms with van der Waals surface area (Å²) in [6.45, 7) is 10.7. The molecule has 0 N–H and O–H groups in total. The quantitative estimate of drug-likeness (QED) is 0.714. The summed E-state index contributed by atoms with van der Waals surface area (Å²) in [6, 6.07) is 4.31. The van der Waals surface area contributed by atoms with Crippen molar-refractivity contribution in [2.24, 2.45) is 10.9 Å². The summed E-state index contributed by atoms with van der Waals surface area (Å²) >= 11 is 0. The molecule has 0 aromatic carbocycles. The summed E-state index contributed by atoms with van der Waals surface area (Å²) in [6.07, 6.45) is 5.74. The van der Waals surface area contributed by atoms with Crippen molar-refractivity contribution in [3.05, 3.63) is 42.1 Å². The first-order valence-electron chi connectivity index (χ1n) is 8.29. The first-order valence-corrected chi connectivity index (χ1v) is 8.29. The number of pyridine rings is 1. The van der Waals surface area contributed by atoms with Gasteiger partial charge >= 0.3 is 0 Å². The molecular formula is C19H21N5. The second-order valence-corrected chi connectivity index (χ2v) is 7.01. The van der Waals surface area contributed by atoms with Crippen LogP contribution in [0.5, 0.6) is 0 Å². The highest BCUT2D eigenvalue weighted by Crippen LogP contribution is 2.45. The molecule has 122 valence electrons. The number of hydrogen-bond acceptors (Lipinski definition) is 4. The van der Waals surface area contributed by atoms with Crippen molar-refractivity contribution in [3.63, 3.8) is 0 Å².